The lowest BCUT2D eigenvalue weighted by Crippen LogP contribution is -2.50. The first-order valence-electron chi connectivity index (χ1n) is 7.27. The zero-order valence-corrected chi connectivity index (χ0v) is 12.6. The van der Waals surface area contributed by atoms with E-state index in [4.69, 9.17) is 0 Å². The number of aliphatic hydroxyl groups is 1. The number of carboxylic acids is 1. The molecule has 0 aliphatic carbocycles. The van der Waals surface area contributed by atoms with Crippen LogP contribution in [0.2, 0.25) is 0 Å². The molecule has 20 heavy (non-hydrogen) atoms. The first kappa shape index (κ1) is 16.8. The van der Waals surface area contributed by atoms with Gasteiger partial charge in [-0.1, -0.05) is 20.3 Å². The Morgan fingerprint density at radius 3 is 2.55 bits per heavy atom. The molecule has 0 aromatic carbocycles. The van der Waals surface area contributed by atoms with E-state index in [9.17, 15) is 19.8 Å². The standard InChI is InChI=1S/C14H26N2O4/c1-4-10(2)11(12(17)18)15-13(19)16-8-5-6-14(3,20)7-9-16/h10-11,20H,4-9H2,1-3H3,(H,15,19)(H,17,18)/t10-,11-,14?/m0/s1. The molecule has 0 radical (unpaired) electrons. The summed E-state index contributed by atoms with van der Waals surface area (Å²) < 4.78 is 0. The van der Waals surface area contributed by atoms with Crippen molar-refractivity contribution in [2.45, 2.75) is 58.1 Å². The van der Waals surface area contributed by atoms with Gasteiger partial charge in [0.2, 0.25) is 0 Å². The van der Waals surface area contributed by atoms with Gasteiger partial charge < -0.3 is 20.4 Å². The Bertz CT molecular complexity index is 357. The predicted molar refractivity (Wildman–Crippen MR) is 75.5 cm³/mol. The maximum absolute atomic E-state index is 12.2. The average Bonchev–Trinajstić information content (AvgIpc) is 2.55. The van der Waals surface area contributed by atoms with Crippen molar-refractivity contribution in [3.63, 3.8) is 0 Å². The average molecular weight is 286 g/mol. The molecule has 116 valence electrons. The van der Waals surface area contributed by atoms with Crippen LogP contribution in [0.25, 0.3) is 0 Å². The molecule has 1 fully saturated rings. The van der Waals surface area contributed by atoms with Crippen molar-refractivity contribution >= 4 is 12.0 Å². The Hall–Kier alpha value is -1.30. The van der Waals surface area contributed by atoms with E-state index in [2.05, 4.69) is 5.32 Å². The summed E-state index contributed by atoms with van der Waals surface area (Å²) in [6, 6.07) is -1.22. The van der Waals surface area contributed by atoms with Crippen molar-refractivity contribution < 1.29 is 19.8 Å². The van der Waals surface area contributed by atoms with E-state index in [0.717, 1.165) is 6.42 Å². The van der Waals surface area contributed by atoms with E-state index >= 15 is 0 Å². The molecule has 1 rings (SSSR count). The zero-order valence-electron chi connectivity index (χ0n) is 12.6. The predicted octanol–water partition coefficient (Wildman–Crippen LogP) is 1.43. The van der Waals surface area contributed by atoms with E-state index in [1.54, 1.807) is 11.8 Å². The SMILES string of the molecule is CC[C@H](C)[C@H](NC(=O)N1CCCC(C)(O)CC1)C(=O)O. The van der Waals surface area contributed by atoms with Crippen molar-refractivity contribution in [2.75, 3.05) is 13.1 Å². The Balaban J connectivity index is 2.62. The second-order valence-electron chi connectivity index (χ2n) is 5.99. The van der Waals surface area contributed by atoms with Crippen molar-refractivity contribution in [1.82, 2.24) is 10.2 Å². The molecule has 1 aliphatic rings. The highest BCUT2D eigenvalue weighted by molar-refractivity contribution is 5.82. The van der Waals surface area contributed by atoms with Crippen LogP contribution in [0, 0.1) is 5.92 Å². The van der Waals surface area contributed by atoms with Gasteiger partial charge in [0.15, 0.2) is 0 Å². The third-order valence-electron chi connectivity index (χ3n) is 4.11. The molecule has 3 atom stereocenters. The molecule has 1 unspecified atom stereocenters. The molecule has 2 amide bonds. The fourth-order valence-electron chi connectivity index (χ4n) is 2.37. The first-order valence-corrected chi connectivity index (χ1v) is 7.27. The van der Waals surface area contributed by atoms with Crippen LogP contribution in [-0.4, -0.2) is 51.8 Å². The van der Waals surface area contributed by atoms with Crippen LogP contribution in [0.15, 0.2) is 0 Å². The molecule has 6 heteroatoms. The summed E-state index contributed by atoms with van der Waals surface area (Å²) in [5.41, 5.74) is -0.738. The number of hydrogen-bond donors (Lipinski definition) is 3. The lowest BCUT2D eigenvalue weighted by molar-refractivity contribution is -0.140. The molecule has 0 bridgehead atoms. The summed E-state index contributed by atoms with van der Waals surface area (Å²) in [6.45, 7) is 6.48. The Kier molecular flexibility index (Phi) is 5.80. The number of amides is 2. The summed E-state index contributed by atoms with van der Waals surface area (Å²) >= 11 is 0. The first-order chi connectivity index (χ1) is 9.26. The van der Waals surface area contributed by atoms with Gasteiger partial charge in [-0.2, -0.15) is 0 Å². The topological polar surface area (TPSA) is 89.9 Å². The maximum atomic E-state index is 12.2. The smallest absolute Gasteiger partial charge is 0.326 e. The van der Waals surface area contributed by atoms with Gasteiger partial charge in [0.25, 0.3) is 0 Å². The molecule has 0 spiro atoms. The monoisotopic (exact) mass is 286 g/mol. The van der Waals surface area contributed by atoms with Crippen LogP contribution >= 0.6 is 0 Å². The van der Waals surface area contributed by atoms with Gasteiger partial charge in [-0.05, 0) is 32.1 Å². The minimum Gasteiger partial charge on any atom is -0.480 e. The number of carboxylic acid groups (broad SMARTS) is 1. The molecule has 1 saturated heterocycles. The van der Waals surface area contributed by atoms with Crippen LogP contribution in [0.1, 0.15) is 46.5 Å². The number of rotatable bonds is 4. The maximum Gasteiger partial charge on any atom is 0.326 e. The highest BCUT2D eigenvalue weighted by Gasteiger charge is 2.30. The molecule has 0 aromatic heterocycles. The number of urea groups is 1. The van der Waals surface area contributed by atoms with E-state index < -0.39 is 17.6 Å². The van der Waals surface area contributed by atoms with Crippen LogP contribution in [0.3, 0.4) is 0 Å². The van der Waals surface area contributed by atoms with E-state index in [1.807, 2.05) is 13.8 Å². The van der Waals surface area contributed by atoms with Crippen molar-refractivity contribution in [1.29, 1.82) is 0 Å². The largest absolute Gasteiger partial charge is 0.480 e. The zero-order chi connectivity index (χ0) is 15.3. The number of nitrogens with one attached hydrogen (secondary N) is 1. The third-order valence-corrected chi connectivity index (χ3v) is 4.11. The molecule has 1 aliphatic heterocycles. The van der Waals surface area contributed by atoms with Crippen molar-refractivity contribution in [3.8, 4) is 0 Å². The normalized spacial score (nSPS) is 26.5. The number of likely N-dealkylation sites (tertiary alicyclic amines) is 1. The summed E-state index contributed by atoms with van der Waals surface area (Å²) in [5.74, 6) is -1.12. The van der Waals surface area contributed by atoms with Gasteiger partial charge in [0, 0.05) is 13.1 Å². The van der Waals surface area contributed by atoms with Gasteiger partial charge in [-0.3, -0.25) is 0 Å². The van der Waals surface area contributed by atoms with Crippen LogP contribution in [0.5, 0.6) is 0 Å². The molecule has 1 heterocycles. The molecule has 3 N–H and O–H groups in total. The second-order valence-corrected chi connectivity index (χ2v) is 5.99. The number of carbonyl (C=O) groups excluding carboxylic acids is 1. The number of carbonyl (C=O) groups is 2. The Morgan fingerprint density at radius 1 is 1.35 bits per heavy atom. The second kappa shape index (κ2) is 6.92. The number of aliphatic carboxylic acids is 1. The molecule has 0 saturated carbocycles. The Labute approximate surface area is 120 Å². The minimum absolute atomic E-state index is 0.119. The summed E-state index contributed by atoms with van der Waals surface area (Å²) in [7, 11) is 0. The summed E-state index contributed by atoms with van der Waals surface area (Å²) in [4.78, 5) is 25.0. The number of hydrogen-bond acceptors (Lipinski definition) is 3. The van der Waals surface area contributed by atoms with Crippen LogP contribution < -0.4 is 5.32 Å². The van der Waals surface area contributed by atoms with E-state index in [1.165, 1.54) is 0 Å². The van der Waals surface area contributed by atoms with Gasteiger partial charge in [-0.25, -0.2) is 9.59 Å². The summed E-state index contributed by atoms with van der Waals surface area (Å²) in [5, 5.41) is 21.8. The van der Waals surface area contributed by atoms with E-state index in [0.29, 0.717) is 32.4 Å². The van der Waals surface area contributed by atoms with Gasteiger partial charge in [0.05, 0.1) is 5.60 Å². The lowest BCUT2D eigenvalue weighted by atomic mass is 9.98. The van der Waals surface area contributed by atoms with Crippen molar-refractivity contribution in [2.24, 2.45) is 5.92 Å². The van der Waals surface area contributed by atoms with Gasteiger partial charge >= 0.3 is 12.0 Å². The lowest BCUT2D eigenvalue weighted by Gasteiger charge is -2.26. The highest BCUT2D eigenvalue weighted by atomic mass is 16.4. The van der Waals surface area contributed by atoms with Crippen LogP contribution in [-0.2, 0) is 4.79 Å². The fourth-order valence-corrected chi connectivity index (χ4v) is 2.37. The Morgan fingerprint density at radius 2 is 2.00 bits per heavy atom. The minimum atomic E-state index is -1.01. The highest BCUT2D eigenvalue weighted by Crippen LogP contribution is 2.21. The van der Waals surface area contributed by atoms with Crippen molar-refractivity contribution in [3.05, 3.63) is 0 Å². The van der Waals surface area contributed by atoms with Crippen LogP contribution in [0.4, 0.5) is 4.79 Å². The van der Waals surface area contributed by atoms with E-state index in [-0.39, 0.29) is 11.9 Å². The quantitative estimate of drug-likeness (QED) is 0.729. The van der Waals surface area contributed by atoms with Gasteiger partial charge in [0.1, 0.15) is 6.04 Å². The fraction of sp³-hybridized carbons (Fsp3) is 0.857. The molecular formula is C14H26N2O4. The molecular weight excluding hydrogens is 260 g/mol. The molecule has 0 aromatic rings. The summed E-state index contributed by atoms with van der Waals surface area (Å²) in [6.07, 6.45) is 2.58. The van der Waals surface area contributed by atoms with Gasteiger partial charge in [-0.15, -0.1) is 0 Å². The number of nitrogens with zero attached hydrogens (tertiary/aromatic N) is 1. The third kappa shape index (κ3) is 4.67. The molecule has 6 nitrogen and oxygen atoms in total.